The minimum Gasteiger partial charge on any atom is -0.344 e. The quantitative estimate of drug-likeness (QED) is 0.451. The van der Waals surface area contributed by atoms with Crippen LogP contribution in [0.3, 0.4) is 0 Å². The summed E-state index contributed by atoms with van der Waals surface area (Å²) in [6.07, 6.45) is 1.77. The molecule has 0 atom stereocenters. The van der Waals surface area contributed by atoms with Crippen LogP contribution in [-0.4, -0.2) is 20.4 Å². The molecule has 0 saturated carbocycles. The Balaban J connectivity index is 1.91. The molecule has 2 aromatic carbocycles. The van der Waals surface area contributed by atoms with Crippen LogP contribution in [0.4, 0.5) is 0 Å². The van der Waals surface area contributed by atoms with Crippen molar-refractivity contribution in [2.45, 2.75) is 27.3 Å². The van der Waals surface area contributed by atoms with Gasteiger partial charge in [0.1, 0.15) is 5.82 Å². The lowest BCUT2D eigenvalue weighted by Gasteiger charge is -2.06. The van der Waals surface area contributed by atoms with Crippen molar-refractivity contribution < 1.29 is 0 Å². The summed E-state index contributed by atoms with van der Waals surface area (Å²) in [6, 6.07) is 13.7. The summed E-state index contributed by atoms with van der Waals surface area (Å²) in [5.41, 5.74) is 3.82. The summed E-state index contributed by atoms with van der Waals surface area (Å²) in [6.45, 7) is 6.88. The third kappa shape index (κ3) is 2.90. The topological polar surface area (TPSA) is 52.2 Å². The van der Waals surface area contributed by atoms with E-state index in [9.17, 15) is 4.79 Å². The Labute approximate surface area is 165 Å². The van der Waals surface area contributed by atoms with Gasteiger partial charge in [-0.3, -0.25) is 4.79 Å². The smallest absolute Gasteiger partial charge is 0.282 e. The fourth-order valence-electron chi connectivity index (χ4n) is 3.54. The first kappa shape index (κ1) is 17.7. The van der Waals surface area contributed by atoms with Gasteiger partial charge >= 0.3 is 0 Å². The van der Waals surface area contributed by atoms with E-state index in [0.717, 1.165) is 27.7 Å². The van der Waals surface area contributed by atoms with Crippen molar-refractivity contribution in [3.05, 3.63) is 74.4 Å². The molecule has 0 spiro atoms. The van der Waals surface area contributed by atoms with E-state index in [2.05, 4.69) is 56.6 Å². The van der Waals surface area contributed by atoms with Gasteiger partial charge in [0.05, 0.1) is 17.1 Å². The van der Waals surface area contributed by atoms with Crippen LogP contribution in [-0.2, 0) is 6.54 Å². The molecule has 0 aliphatic heterocycles. The molecule has 0 fully saturated rings. The second-order valence-corrected chi connectivity index (χ2v) is 7.36. The van der Waals surface area contributed by atoms with Gasteiger partial charge in [0, 0.05) is 33.2 Å². The van der Waals surface area contributed by atoms with Crippen molar-refractivity contribution >= 4 is 44.0 Å². The van der Waals surface area contributed by atoms with Crippen molar-refractivity contribution in [3.63, 3.8) is 0 Å². The number of hydrogen-bond acceptors (Lipinski definition) is 3. The standard InChI is InChI=1S/C21H19BrN4O/c1-4-25-13(2)18(16-7-5-6-8-20(16)25)12-23-26-14(3)24-19-10-9-15(22)11-17(19)21(26)27/h5-12H,4H2,1-3H3. The second kappa shape index (κ2) is 6.78. The fraction of sp³-hybridized carbons (Fsp3) is 0.190. The largest absolute Gasteiger partial charge is 0.344 e. The molecule has 27 heavy (non-hydrogen) atoms. The molecule has 0 amide bonds. The van der Waals surface area contributed by atoms with E-state index in [1.54, 1.807) is 19.2 Å². The number of fused-ring (bicyclic) bond motifs is 2. The Morgan fingerprint density at radius 2 is 1.93 bits per heavy atom. The van der Waals surface area contributed by atoms with Crippen LogP contribution >= 0.6 is 15.9 Å². The molecule has 0 saturated heterocycles. The van der Waals surface area contributed by atoms with E-state index in [1.165, 1.54) is 10.2 Å². The zero-order valence-electron chi connectivity index (χ0n) is 15.4. The minimum absolute atomic E-state index is 0.174. The van der Waals surface area contributed by atoms with Crippen LogP contribution < -0.4 is 5.56 Å². The SMILES string of the molecule is CCn1c(C)c(C=Nn2c(C)nc3ccc(Br)cc3c2=O)c2ccccc21. The number of nitrogens with zero attached hydrogens (tertiary/aromatic N) is 4. The maximum Gasteiger partial charge on any atom is 0.282 e. The van der Waals surface area contributed by atoms with Gasteiger partial charge in [-0.2, -0.15) is 9.78 Å². The average molecular weight is 423 g/mol. The van der Waals surface area contributed by atoms with Gasteiger partial charge < -0.3 is 4.57 Å². The molecule has 2 heterocycles. The van der Waals surface area contributed by atoms with Gasteiger partial charge in [0.2, 0.25) is 0 Å². The maximum absolute atomic E-state index is 12.9. The monoisotopic (exact) mass is 422 g/mol. The van der Waals surface area contributed by atoms with Crippen LogP contribution in [0.2, 0.25) is 0 Å². The highest BCUT2D eigenvalue weighted by molar-refractivity contribution is 9.10. The lowest BCUT2D eigenvalue weighted by molar-refractivity contribution is 0.764. The molecule has 6 heteroatoms. The van der Waals surface area contributed by atoms with E-state index in [1.807, 2.05) is 24.3 Å². The van der Waals surface area contributed by atoms with Crippen LogP contribution in [0.25, 0.3) is 21.8 Å². The van der Waals surface area contributed by atoms with Gasteiger partial charge in [-0.15, -0.1) is 0 Å². The summed E-state index contributed by atoms with van der Waals surface area (Å²) in [5, 5.41) is 6.17. The average Bonchev–Trinajstić information content (AvgIpc) is 2.93. The van der Waals surface area contributed by atoms with Gasteiger partial charge in [-0.05, 0) is 45.0 Å². The summed E-state index contributed by atoms with van der Waals surface area (Å²) in [4.78, 5) is 17.4. The lowest BCUT2D eigenvalue weighted by atomic mass is 10.1. The number of hydrogen-bond donors (Lipinski definition) is 0. The number of para-hydroxylation sites is 1. The molecule has 0 aliphatic carbocycles. The normalized spacial score (nSPS) is 11.9. The highest BCUT2D eigenvalue weighted by Gasteiger charge is 2.12. The number of benzene rings is 2. The molecular weight excluding hydrogens is 404 g/mol. The Bertz CT molecular complexity index is 1270. The van der Waals surface area contributed by atoms with E-state index >= 15 is 0 Å². The molecule has 0 bridgehead atoms. The maximum atomic E-state index is 12.9. The summed E-state index contributed by atoms with van der Waals surface area (Å²) < 4.78 is 4.46. The molecule has 136 valence electrons. The Morgan fingerprint density at radius 3 is 2.70 bits per heavy atom. The molecule has 0 unspecified atom stereocenters. The first-order valence-corrected chi connectivity index (χ1v) is 9.61. The predicted octanol–water partition coefficient (Wildman–Crippen LogP) is 4.63. The van der Waals surface area contributed by atoms with E-state index < -0.39 is 0 Å². The Hall–Kier alpha value is -2.73. The number of aromatic nitrogens is 3. The first-order chi connectivity index (χ1) is 13.0. The molecule has 4 rings (SSSR count). The second-order valence-electron chi connectivity index (χ2n) is 6.44. The zero-order chi connectivity index (χ0) is 19.1. The number of rotatable bonds is 3. The molecule has 4 aromatic rings. The van der Waals surface area contributed by atoms with Gasteiger partial charge in [-0.1, -0.05) is 34.1 Å². The minimum atomic E-state index is -0.174. The number of halogens is 1. The summed E-state index contributed by atoms with van der Waals surface area (Å²) >= 11 is 3.42. The van der Waals surface area contributed by atoms with Crippen LogP contribution in [0, 0.1) is 13.8 Å². The van der Waals surface area contributed by atoms with Crippen LogP contribution in [0.5, 0.6) is 0 Å². The van der Waals surface area contributed by atoms with E-state index in [-0.39, 0.29) is 5.56 Å². The molecule has 0 N–H and O–H groups in total. The molecule has 0 radical (unpaired) electrons. The van der Waals surface area contributed by atoms with Crippen molar-refractivity contribution in [3.8, 4) is 0 Å². The molecule has 0 aliphatic rings. The van der Waals surface area contributed by atoms with Crippen molar-refractivity contribution in [2.24, 2.45) is 5.10 Å². The summed E-state index contributed by atoms with van der Waals surface area (Å²) in [5.74, 6) is 0.558. The third-order valence-electron chi connectivity index (χ3n) is 4.87. The van der Waals surface area contributed by atoms with Crippen molar-refractivity contribution in [1.82, 2.24) is 14.2 Å². The third-order valence-corrected chi connectivity index (χ3v) is 5.36. The van der Waals surface area contributed by atoms with Crippen LogP contribution in [0.1, 0.15) is 24.0 Å². The highest BCUT2D eigenvalue weighted by atomic mass is 79.9. The van der Waals surface area contributed by atoms with Crippen molar-refractivity contribution in [2.75, 3.05) is 0 Å². The molecule has 5 nitrogen and oxygen atoms in total. The van der Waals surface area contributed by atoms with E-state index in [4.69, 9.17) is 0 Å². The summed E-state index contributed by atoms with van der Waals surface area (Å²) in [7, 11) is 0. The van der Waals surface area contributed by atoms with E-state index in [0.29, 0.717) is 16.7 Å². The molecular formula is C21H19BrN4O. The van der Waals surface area contributed by atoms with Crippen LogP contribution in [0.15, 0.2) is 56.8 Å². The zero-order valence-corrected chi connectivity index (χ0v) is 17.0. The van der Waals surface area contributed by atoms with Gasteiger partial charge in [0.15, 0.2) is 0 Å². The van der Waals surface area contributed by atoms with Gasteiger partial charge in [0.25, 0.3) is 5.56 Å². The Morgan fingerprint density at radius 1 is 1.15 bits per heavy atom. The highest BCUT2D eigenvalue weighted by Crippen LogP contribution is 2.24. The number of aryl methyl sites for hydroxylation is 2. The Kier molecular flexibility index (Phi) is 4.44. The lowest BCUT2D eigenvalue weighted by Crippen LogP contribution is -2.20. The van der Waals surface area contributed by atoms with Gasteiger partial charge in [-0.25, -0.2) is 4.98 Å². The van der Waals surface area contributed by atoms with Crippen molar-refractivity contribution in [1.29, 1.82) is 0 Å². The predicted molar refractivity (Wildman–Crippen MR) is 114 cm³/mol. The fourth-order valence-corrected chi connectivity index (χ4v) is 3.90. The molecule has 2 aromatic heterocycles. The first-order valence-electron chi connectivity index (χ1n) is 8.82.